The fourth-order valence-electron chi connectivity index (χ4n) is 3.09. The third kappa shape index (κ3) is 4.19. The molecule has 0 saturated carbocycles. The molecule has 0 amide bonds. The van der Waals surface area contributed by atoms with Gasteiger partial charge in [-0.1, -0.05) is 6.92 Å². The first-order valence-electron chi connectivity index (χ1n) is 7.06. The number of hydrazine groups is 1. The summed E-state index contributed by atoms with van der Waals surface area (Å²) < 4.78 is 11.7. The van der Waals surface area contributed by atoms with Crippen molar-refractivity contribution >= 4 is 0 Å². The van der Waals surface area contributed by atoms with E-state index in [-0.39, 0.29) is 17.2 Å². The van der Waals surface area contributed by atoms with Crippen LogP contribution in [0.4, 0.5) is 0 Å². The van der Waals surface area contributed by atoms with Gasteiger partial charge in [0.25, 0.3) is 0 Å². The first-order valence-corrected chi connectivity index (χ1v) is 7.06. The van der Waals surface area contributed by atoms with Gasteiger partial charge < -0.3 is 9.47 Å². The van der Waals surface area contributed by atoms with E-state index in [2.05, 4.69) is 40.0 Å². The molecule has 3 N–H and O–H groups in total. The predicted molar refractivity (Wildman–Crippen MR) is 74.2 cm³/mol. The molecular weight excluding hydrogens is 228 g/mol. The summed E-state index contributed by atoms with van der Waals surface area (Å²) >= 11 is 0. The molecule has 1 aliphatic rings. The van der Waals surface area contributed by atoms with Crippen LogP contribution in [0.15, 0.2) is 0 Å². The molecule has 1 saturated heterocycles. The molecule has 2 unspecified atom stereocenters. The van der Waals surface area contributed by atoms with E-state index in [4.69, 9.17) is 15.3 Å². The number of ether oxygens (including phenoxy) is 2. The van der Waals surface area contributed by atoms with Crippen LogP contribution >= 0.6 is 0 Å². The topological polar surface area (TPSA) is 56.5 Å². The van der Waals surface area contributed by atoms with Gasteiger partial charge in [-0.2, -0.15) is 0 Å². The van der Waals surface area contributed by atoms with Crippen LogP contribution in [0.2, 0.25) is 0 Å². The minimum absolute atomic E-state index is 0.0620. The second kappa shape index (κ2) is 6.33. The zero-order chi connectivity index (χ0) is 13.8. The molecule has 0 bridgehead atoms. The van der Waals surface area contributed by atoms with Crippen molar-refractivity contribution < 1.29 is 9.47 Å². The molecule has 108 valence electrons. The number of hydrogen-bond donors (Lipinski definition) is 2. The van der Waals surface area contributed by atoms with E-state index in [0.29, 0.717) is 5.92 Å². The second-order valence-electron chi connectivity index (χ2n) is 6.45. The lowest BCUT2D eigenvalue weighted by molar-refractivity contribution is -0.0785. The average Bonchev–Trinajstić information content (AvgIpc) is 2.47. The third-order valence-corrected chi connectivity index (χ3v) is 3.77. The Morgan fingerprint density at radius 2 is 2.00 bits per heavy atom. The summed E-state index contributed by atoms with van der Waals surface area (Å²) in [5.41, 5.74) is 2.76. The predicted octanol–water partition coefficient (Wildman–Crippen LogP) is 2.23. The second-order valence-corrected chi connectivity index (χ2v) is 6.45. The van der Waals surface area contributed by atoms with Gasteiger partial charge >= 0.3 is 0 Å². The Bertz CT molecular complexity index is 254. The fourth-order valence-corrected chi connectivity index (χ4v) is 3.09. The summed E-state index contributed by atoms with van der Waals surface area (Å²) in [5.74, 6) is 6.14. The monoisotopic (exact) mass is 258 g/mol. The van der Waals surface area contributed by atoms with Crippen LogP contribution in [0.1, 0.15) is 53.9 Å². The van der Waals surface area contributed by atoms with Crippen LogP contribution in [0.3, 0.4) is 0 Å². The minimum Gasteiger partial charge on any atom is -0.381 e. The standard InChI is InChI=1S/C14H30N2O2/c1-6-8-17-9-7-12(16-15)11-10-13(2,3)18-14(11,4)5/h11-12,16H,6-10,15H2,1-5H3. The van der Waals surface area contributed by atoms with Gasteiger partial charge in [0.05, 0.1) is 11.2 Å². The summed E-state index contributed by atoms with van der Waals surface area (Å²) in [6, 6.07) is 0.249. The fraction of sp³-hybridized carbons (Fsp3) is 1.00. The van der Waals surface area contributed by atoms with Gasteiger partial charge in [-0.15, -0.1) is 0 Å². The van der Waals surface area contributed by atoms with Gasteiger partial charge in [-0.3, -0.25) is 11.3 Å². The molecule has 1 heterocycles. The van der Waals surface area contributed by atoms with E-state index in [1.54, 1.807) is 0 Å². The lowest BCUT2D eigenvalue weighted by Crippen LogP contribution is -2.47. The molecule has 0 aromatic heterocycles. The Labute approximate surface area is 112 Å². The van der Waals surface area contributed by atoms with Gasteiger partial charge in [-0.05, 0) is 47.0 Å². The Hall–Kier alpha value is -0.160. The first kappa shape index (κ1) is 15.9. The Morgan fingerprint density at radius 1 is 1.33 bits per heavy atom. The number of hydrogen-bond acceptors (Lipinski definition) is 4. The van der Waals surface area contributed by atoms with Crippen LogP contribution < -0.4 is 11.3 Å². The van der Waals surface area contributed by atoms with E-state index in [0.717, 1.165) is 32.5 Å². The molecule has 1 rings (SSSR count). The maximum absolute atomic E-state index is 6.12. The normalized spacial score (nSPS) is 27.3. The zero-order valence-corrected chi connectivity index (χ0v) is 12.6. The van der Waals surface area contributed by atoms with E-state index in [1.807, 2.05) is 0 Å². The quantitative estimate of drug-likeness (QED) is 0.418. The van der Waals surface area contributed by atoms with Crippen LogP contribution in [0, 0.1) is 5.92 Å². The summed E-state index contributed by atoms with van der Waals surface area (Å²) in [7, 11) is 0. The third-order valence-electron chi connectivity index (χ3n) is 3.77. The molecule has 0 aromatic carbocycles. The van der Waals surface area contributed by atoms with Gasteiger partial charge in [-0.25, -0.2) is 0 Å². The van der Waals surface area contributed by atoms with Crippen molar-refractivity contribution in [2.75, 3.05) is 13.2 Å². The molecule has 4 heteroatoms. The molecule has 0 spiro atoms. The SMILES string of the molecule is CCCOCCC(NN)C1CC(C)(C)OC1(C)C. The summed E-state index contributed by atoms with van der Waals surface area (Å²) in [4.78, 5) is 0. The Morgan fingerprint density at radius 3 is 2.44 bits per heavy atom. The summed E-state index contributed by atoms with van der Waals surface area (Å²) in [6.07, 6.45) is 3.03. The maximum atomic E-state index is 6.12. The molecule has 0 radical (unpaired) electrons. The summed E-state index contributed by atoms with van der Waals surface area (Å²) in [5, 5.41) is 0. The molecule has 2 atom stereocenters. The molecular formula is C14H30N2O2. The number of rotatable bonds is 7. The largest absolute Gasteiger partial charge is 0.381 e. The van der Waals surface area contributed by atoms with Crippen LogP contribution in [0.25, 0.3) is 0 Å². The highest BCUT2D eigenvalue weighted by Crippen LogP contribution is 2.43. The summed E-state index contributed by atoms with van der Waals surface area (Å²) in [6.45, 7) is 12.3. The van der Waals surface area contributed by atoms with Gasteiger partial charge in [0.2, 0.25) is 0 Å². The maximum Gasteiger partial charge on any atom is 0.0678 e. The molecule has 4 nitrogen and oxygen atoms in total. The lowest BCUT2D eigenvalue weighted by atomic mass is 9.81. The van der Waals surface area contributed by atoms with Crippen molar-refractivity contribution in [3.63, 3.8) is 0 Å². The van der Waals surface area contributed by atoms with Gasteiger partial charge in [0.1, 0.15) is 0 Å². The Kier molecular flexibility index (Phi) is 5.59. The highest BCUT2D eigenvalue weighted by Gasteiger charge is 2.48. The Balaban J connectivity index is 2.54. The van der Waals surface area contributed by atoms with Gasteiger partial charge in [0, 0.05) is 25.2 Å². The minimum atomic E-state index is -0.134. The smallest absolute Gasteiger partial charge is 0.0678 e. The van der Waals surface area contributed by atoms with Crippen molar-refractivity contribution in [3.8, 4) is 0 Å². The van der Waals surface area contributed by atoms with Crippen molar-refractivity contribution in [2.24, 2.45) is 11.8 Å². The van der Waals surface area contributed by atoms with E-state index >= 15 is 0 Å². The molecule has 1 fully saturated rings. The highest BCUT2D eigenvalue weighted by molar-refractivity contribution is 4.98. The lowest BCUT2D eigenvalue weighted by Gasteiger charge is -2.32. The van der Waals surface area contributed by atoms with E-state index in [9.17, 15) is 0 Å². The van der Waals surface area contributed by atoms with Gasteiger partial charge in [0.15, 0.2) is 0 Å². The van der Waals surface area contributed by atoms with Crippen molar-refractivity contribution in [1.29, 1.82) is 0 Å². The van der Waals surface area contributed by atoms with Crippen molar-refractivity contribution in [1.82, 2.24) is 5.43 Å². The first-order chi connectivity index (χ1) is 8.32. The molecule has 1 aliphatic heterocycles. The molecule has 0 aliphatic carbocycles. The molecule has 0 aromatic rings. The number of nitrogens with one attached hydrogen (secondary N) is 1. The zero-order valence-electron chi connectivity index (χ0n) is 12.6. The van der Waals surface area contributed by atoms with Crippen molar-refractivity contribution in [2.45, 2.75) is 71.1 Å². The van der Waals surface area contributed by atoms with Crippen molar-refractivity contribution in [3.05, 3.63) is 0 Å². The van der Waals surface area contributed by atoms with E-state index < -0.39 is 0 Å². The highest BCUT2D eigenvalue weighted by atomic mass is 16.5. The van der Waals surface area contributed by atoms with Crippen LogP contribution in [0.5, 0.6) is 0 Å². The van der Waals surface area contributed by atoms with E-state index in [1.165, 1.54) is 0 Å². The van der Waals surface area contributed by atoms with Crippen LogP contribution in [-0.2, 0) is 9.47 Å². The van der Waals surface area contributed by atoms with Crippen LogP contribution in [-0.4, -0.2) is 30.5 Å². The molecule has 18 heavy (non-hydrogen) atoms. The average molecular weight is 258 g/mol. The number of nitrogens with two attached hydrogens (primary N) is 1.